The number of hydrogen-bond donors (Lipinski definition) is 0. The van der Waals surface area contributed by atoms with Gasteiger partial charge in [0.15, 0.2) is 12.4 Å². The van der Waals surface area contributed by atoms with Crippen molar-refractivity contribution < 1.29 is 42.9 Å². The lowest BCUT2D eigenvalue weighted by Crippen LogP contribution is -2.44. The predicted octanol–water partition coefficient (Wildman–Crippen LogP) is 11.1. The van der Waals surface area contributed by atoms with E-state index in [-0.39, 0.29) is 32.2 Å². The molecule has 0 amide bonds. The molecule has 0 fully saturated rings. The van der Waals surface area contributed by atoms with E-state index in [0.29, 0.717) is 23.9 Å². The summed E-state index contributed by atoms with van der Waals surface area (Å²) in [5, 5.41) is 11.7. The highest BCUT2D eigenvalue weighted by Crippen LogP contribution is 2.14. The van der Waals surface area contributed by atoms with Crippen molar-refractivity contribution in [3.63, 3.8) is 0 Å². The first-order chi connectivity index (χ1) is 28.1. The molecule has 0 bridgehead atoms. The Morgan fingerprint density at radius 1 is 0.534 bits per heavy atom. The van der Waals surface area contributed by atoms with Crippen LogP contribution in [0.4, 0.5) is 0 Å². The second kappa shape index (κ2) is 41.0. The molecule has 2 unspecified atom stereocenters. The Morgan fingerprint density at radius 2 is 0.983 bits per heavy atom. The molecule has 0 rings (SSSR count). The summed E-state index contributed by atoms with van der Waals surface area (Å²) < 4.78 is 22.6. The number of ether oxygens (including phenoxy) is 4. The molecular weight excluding hydrogens is 731 g/mol. The number of carboxylic acids is 1. The van der Waals surface area contributed by atoms with Crippen molar-refractivity contribution in [2.24, 2.45) is 0 Å². The predicted molar refractivity (Wildman–Crippen MR) is 237 cm³/mol. The van der Waals surface area contributed by atoms with Gasteiger partial charge in [-0.25, -0.2) is 0 Å². The summed E-state index contributed by atoms with van der Waals surface area (Å²) in [6.07, 6.45) is 44.2. The summed E-state index contributed by atoms with van der Waals surface area (Å²) in [7, 11) is 5.90. The zero-order chi connectivity index (χ0) is 42.8. The average molecular weight is 818 g/mol. The van der Waals surface area contributed by atoms with Crippen molar-refractivity contribution in [3.8, 4) is 0 Å². The number of allylic oxidation sites excluding steroid dienone is 8. The summed E-state index contributed by atoms with van der Waals surface area (Å²) >= 11 is 0. The first-order valence-corrected chi connectivity index (χ1v) is 23.3. The van der Waals surface area contributed by atoms with Crippen molar-refractivity contribution in [2.75, 3.05) is 47.5 Å². The molecule has 0 aromatic rings. The molecule has 0 spiro atoms. The van der Waals surface area contributed by atoms with Crippen LogP contribution in [0.1, 0.15) is 187 Å². The average Bonchev–Trinajstić information content (AvgIpc) is 3.18. The number of carbonyl (C=O) groups is 3. The van der Waals surface area contributed by atoms with Crippen LogP contribution in [0.5, 0.6) is 0 Å². The fourth-order valence-corrected chi connectivity index (χ4v) is 6.23. The van der Waals surface area contributed by atoms with Gasteiger partial charge in [-0.15, -0.1) is 0 Å². The van der Waals surface area contributed by atoms with E-state index in [2.05, 4.69) is 62.5 Å². The number of unbranched alkanes of at least 4 members (excludes halogenated alkanes) is 19. The van der Waals surface area contributed by atoms with Crippen LogP contribution in [-0.4, -0.2) is 82.3 Å². The number of carboxylic acid groups (broad SMARTS) is 1. The Kier molecular flexibility index (Phi) is 39.1. The standard InChI is InChI=1S/C49H87NO8/c1-6-8-10-12-14-16-18-20-21-22-23-24-25-26-27-28-30-32-34-36-38-40-47(52)58-45(44-57-49(48(53)54)55-42-41-50(3,4)5)43-56-46(51)39-37-35-33-31-29-19-17-15-13-11-9-7-2/h8,10,14,16,20-21,23-24,45,49H,6-7,9,11-13,15,17-19,22,25-44H2,1-5H3/b10-8-,16-14-,21-20-,24-23-. The van der Waals surface area contributed by atoms with E-state index < -0.39 is 24.3 Å². The number of hydrogen-bond acceptors (Lipinski definition) is 8. The van der Waals surface area contributed by atoms with Gasteiger partial charge in [0.1, 0.15) is 13.2 Å². The van der Waals surface area contributed by atoms with Gasteiger partial charge >= 0.3 is 11.9 Å². The van der Waals surface area contributed by atoms with E-state index in [1.54, 1.807) is 0 Å². The molecule has 336 valence electrons. The summed E-state index contributed by atoms with van der Waals surface area (Å²) in [6, 6.07) is 0. The molecule has 0 aromatic carbocycles. The quantitative estimate of drug-likeness (QED) is 0.0197. The molecule has 0 N–H and O–H groups in total. The maximum absolute atomic E-state index is 12.8. The Morgan fingerprint density at radius 3 is 1.47 bits per heavy atom. The molecule has 0 saturated heterocycles. The third-order valence-electron chi connectivity index (χ3n) is 9.84. The fraction of sp³-hybridized carbons (Fsp3) is 0.776. The Balaban J connectivity index is 4.39. The van der Waals surface area contributed by atoms with Gasteiger partial charge in [-0.3, -0.25) is 9.59 Å². The SMILES string of the molecule is CC/C=C\C/C=C\C/C=C\C/C=C\CCCCCCCCCCC(=O)OC(COC(=O)CCCCCCCCCCCCCC)COC(OCC[N+](C)(C)C)C(=O)[O-]. The summed E-state index contributed by atoms with van der Waals surface area (Å²) in [4.78, 5) is 37.0. The van der Waals surface area contributed by atoms with Crippen LogP contribution in [0.2, 0.25) is 0 Å². The minimum Gasteiger partial charge on any atom is -0.545 e. The largest absolute Gasteiger partial charge is 0.545 e. The summed E-state index contributed by atoms with van der Waals surface area (Å²) in [5.41, 5.74) is 0. The number of carbonyl (C=O) groups excluding carboxylic acids is 3. The molecule has 0 aliphatic heterocycles. The summed E-state index contributed by atoms with van der Waals surface area (Å²) in [6.45, 7) is 4.61. The molecule has 9 heteroatoms. The van der Waals surface area contributed by atoms with E-state index in [1.807, 2.05) is 21.1 Å². The van der Waals surface area contributed by atoms with Crippen LogP contribution < -0.4 is 5.11 Å². The number of likely N-dealkylation sites (N-methyl/N-ethyl adjacent to an activating group) is 1. The lowest BCUT2D eigenvalue weighted by Gasteiger charge is -2.26. The van der Waals surface area contributed by atoms with Gasteiger partial charge in [-0.1, -0.05) is 172 Å². The monoisotopic (exact) mass is 818 g/mol. The maximum Gasteiger partial charge on any atom is 0.306 e. The number of quaternary nitrogens is 1. The second-order valence-electron chi connectivity index (χ2n) is 16.7. The molecule has 9 nitrogen and oxygen atoms in total. The Hall–Kier alpha value is -2.75. The highest BCUT2D eigenvalue weighted by molar-refractivity contribution is 5.70. The first-order valence-electron chi connectivity index (χ1n) is 23.3. The number of rotatable bonds is 42. The third-order valence-corrected chi connectivity index (χ3v) is 9.84. The minimum atomic E-state index is -1.62. The smallest absolute Gasteiger partial charge is 0.306 e. The lowest BCUT2D eigenvalue weighted by atomic mass is 10.0. The van der Waals surface area contributed by atoms with Crippen LogP contribution in [0.3, 0.4) is 0 Å². The Labute approximate surface area is 355 Å². The zero-order valence-corrected chi connectivity index (χ0v) is 37.9. The van der Waals surface area contributed by atoms with E-state index in [9.17, 15) is 19.5 Å². The molecule has 58 heavy (non-hydrogen) atoms. The summed E-state index contributed by atoms with van der Waals surface area (Å²) in [5.74, 6) is -2.29. The molecule has 0 aliphatic rings. The van der Waals surface area contributed by atoms with Crippen LogP contribution >= 0.6 is 0 Å². The van der Waals surface area contributed by atoms with Crippen LogP contribution in [-0.2, 0) is 33.3 Å². The van der Waals surface area contributed by atoms with E-state index >= 15 is 0 Å². The van der Waals surface area contributed by atoms with E-state index in [4.69, 9.17) is 18.9 Å². The number of aliphatic carboxylic acids is 1. The molecule has 0 aromatic heterocycles. The van der Waals surface area contributed by atoms with Gasteiger partial charge in [0.05, 0.1) is 40.3 Å². The molecule has 2 atom stereocenters. The minimum absolute atomic E-state index is 0.146. The van der Waals surface area contributed by atoms with E-state index in [1.165, 1.54) is 83.5 Å². The van der Waals surface area contributed by atoms with E-state index in [0.717, 1.165) is 70.6 Å². The topological polar surface area (TPSA) is 111 Å². The van der Waals surface area contributed by atoms with Gasteiger partial charge in [0.2, 0.25) is 0 Å². The van der Waals surface area contributed by atoms with Crippen LogP contribution in [0, 0.1) is 0 Å². The van der Waals surface area contributed by atoms with Gasteiger partial charge in [0.25, 0.3) is 0 Å². The zero-order valence-electron chi connectivity index (χ0n) is 37.9. The van der Waals surface area contributed by atoms with Crippen LogP contribution in [0.15, 0.2) is 48.6 Å². The molecule has 0 radical (unpaired) electrons. The molecule has 0 heterocycles. The van der Waals surface area contributed by atoms with Gasteiger partial charge in [0, 0.05) is 12.8 Å². The Bertz CT molecular complexity index is 1090. The van der Waals surface area contributed by atoms with Gasteiger partial charge in [-0.2, -0.15) is 0 Å². The number of nitrogens with zero attached hydrogens (tertiary/aromatic N) is 1. The fourth-order valence-electron chi connectivity index (χ4n) is 6.23. The first kappa shape index (κ1) is 55.2. The highest BCUT2D eigenvalue weighted by Gasteiger charge is 2.21. The van der Waals surface area contributed by atoms with Gasteiger partial charge in [-0.05, 0) is 51.4 Å². The lowest BCUT2D eigenvalue weighted by molar-refractivity contribution is -0.870. The van der Waals surface area contributed by atoms with Crippen molar-refractivity contribution >= 4 is 17.9 Å². The van der Waals surface area contributed by atoms with Crippen molar-refractivity contribution in [3.05, 3.63) is 48.6 Å². The normalized spacial score (nSPS) is 13.3. The highest BCUT2D eigenvalue weighted by atomic mass is 16.7. The molecule has 0 saturated carbocycles. The van der Waals surface area contributed by atoms with Crippen molar-refractivity contribution in [1.82, 2.24) is 0 Å². The van der Waals surface area contributed by atoms with Crippen molar-refractivity contribution in [2.45, 2.75) is 200 Å². The molecular formula is C49H87NO8. The van der Waals surface area contributed by atoms with Crippen LogP contribution in [0.25, 0.3) is 0 Å². The second-order valence-corrected chi connectivity index (χ2v) is 16.7. The maximum atomic E-state index is 12.8. The van der Waals surface area contributed by atoms with Gasteiger partial charge < -0.3 is 33.3 Å². The third kappa shape index (κ3) is 41.4. The number of esters is 2. The molecule has 0 aliphatic carbocycles. The van der Waals surface area contributed by atoms with Crippen molar-refractivity contribution in [1.29, 1.82) is 0 Å².